The van der Waals surface area contributed by atoms with E-state index in [4.69, 9.17) is 14.3 Å². The molecule has 0 saturated heterocycles. The number of fused-ring (bicyclic) bond motifs is 1. The number of ether oxygens (including phenoxy) is 1. The van der Waals surface area contributed by atoms with Gasteiger partial charge in [-0.3, -0.25) is 0 Å². The van der Waals surface area contributed by atoms with Crippen LogP contribution in [0.4, 0.5) is 0 Å². The number of furan rings is 1. The summed E-state index contributed by atoms with van der Waals surface area (Å²) in [6, 6.07) is 24.0. The molecule has 0 atom stereocenters. The van der Waals surface area contributed by atoms with Gasteiger partial charge in [-0.2, -0.15) is 0 Å². The number of rotatable bonds is 4. The van der Waals surface area contributed by atoms with E-state index in [9.17, 15) is 0 Å². The predicted molar refractivity (Wildman–Crippen MR) is 99.6 cm³/mol. The highest BCUT2D eigenvalue weighted by Gasteiger charge is 2.08. The van der Waals surface area contributed by atoms with Crippen molar-refractivity contribution in [2.45, 2.75) is 6.61 Å². The number of aliphatic hydroxyl groups excluding tert-OH is 1. The molecular weight excluding hydrogens is 312 g/mol. The van der Waals surface area contributed by atoms with E-state index in [1.807, 2.05) is 54.6 Å². The van der Waals surface area contributed by atoms with E-state index in [0.717, 1.165) is 44.7 Å². The Kier molecular flexibility index (Phi) is 4.00. The first kappa shape index (κ1) is 15.5. The van der Waals surface area contributed by atoms with E-state index >= 15 is 0 Å². The van der Waals surface area contributed by atoms with Crippen LogP contribution in [0.15, 0.2) is 77.2 Å². The predicted octanol–water partition coefficient (Wildman–Crippen LogP) is 5.27. The second-order valence-corrected chi connectivity index (χ2v) is 5.95. The highest BCUT2D eigenvalue weighted by Crippen LogP contribution is 2.32. The Labute approximate surface area is 146 Å². The van der Waals surface area contributed by atoms with Gasteiger partial charge in [-0.1, -0.05) is 30.3 Å². The van der Waals surface area contributed by atoms with E-state index in [2.05, 4.69) is 18.2 Å². The molecule has 1 heterocycles. The molecule has 4 rings (SSSR count). The maximum absolute atomic E-state index is 9.16. The molecular formula is C22H18O3. The van der Waals surface area contributed by atoms with Crippen LogP contribution in [0.2, 0.25) is 0 Å². The van der Waals surface area contributed by atoms with Crippen molar-refractivity contribution >= 4 is 11.0 Å². The monoisotopic (exact) mass is 330 g/mol. The molecule has 124 valence electrons. The van der Waals surface area contributed by atoms with Crippen molar-refractivity contribution in [2.75, 3.05) is 7.11 Å². The third kappa shape index (κ3) is 3.02. The molecule has 1 aromatic heterocycles. The lowest BCUT2D eigenvalue weighted by atomic mass is 10.0. The summed E-state index contributed by atoms with van der Waals surface area (Å²) in [4.78, 5) is 0. The second kappa shape index (κ2) is 6.46. The zero-order chi connectivity index (χ0) is 17.2. The summed E-state index contributed by atoms with van der Waals surface area (Å²) < 4.78 is 11.2. The van der Waals surface area contributed by atoms with Crippen molar-refractivity contribution in [2.24, 2.45) is 0 Å². The maximum atomic E-state index is 9.16. The first-order valence-electron chi connectivity index (χ1n) is 8.15. The number of methoxy groups -OCH3 is 1. The molecule has 0 unspecified atom stereocenters. The Morgan fingerprint density at radius 2 is 1.48 bits per heavy atom. The summed E-state index contributed by atoms with van der Waals surface area (Å²) in [5.41, 5.74) is 5.03. The third-order valence-corrected chi connectivity index (χ3v) is 4.36. The van der Waals surface area contributed by atoms with Crippen LogP contribution in [0, 0.1) is 0 Å². The fraction of sp³-hybridized carbons (Fsp3) is 0.0909. The minimum Gasteiger partial charge on any atom is -0.497 e. The zero-order valence-electron chi connectivity index (χ0n) is 13.9. The van der Waals surface area contributed by atoms with Gasteiger partial charge in [-0.15, -0.1) is 0 Å². The first-order chi connectivity index (χ1) is 12.3. The first-order valence-corrected chi connectivity index (χ1v) is 8.15. The molecule has 3 nitrogen and oxygen atoms in total. The van der Waals surface area contributed by atoms with Gasteiger partial charge < -0.3 is 14.3 Å². The van der Waals surface area contributed by atoms with E-state index in [-0.39, 0.29) is 6.61 Å². The van der Waals surface area contributed by atoms with Crippen LogP contribution in [-0.2, 0) is 6.61 Å². The van der Waals surface area contributed by atoms with Crippen LogP contribution in [0.5, 0.6) is 5.75 Å². The topological polar surface area (TPSA) is 42.6 Å². The van der Waals surface area contributed by atoms with Gasteiger partial charge in [0.25, 0.3) is 0 Å². The van der Waals surface area contributed by atoms with Gasteiger partial charge in [0.1, 0.15) is 17.1 Å². The minimum atomic E-state index is 0.0618. The molecule has 0 fully saturated rings. The molecule has 1 N–H and O–H groups in total. The third-order valence-electron chi connectivity index (χ3n) is 4.36. The fourth-order valence-electron chi connectivity index (χ4n) is 2.92. The Balaban J connectivity index is 1.70. The Morgan fingerprint density at radius 3 is 2.16 bits per heavy atom. The second-order valence-electron chi connectivity index (χ2n) is 5.95. The largest absolute Gasteiger partial charge is 0.497 e. The molecule has 0 aliphatic heterocycles. The van der Waals surface area contributed by atoms with Crippen molar-refractivity contribution < 1.29 is 14.3 Å². The summed E-state index contributed by atoms with van der Waals surface area (Å²) in [6.07, 6.45) is 0. The van der Waals surface area contributed by atoms with Gasteiger partial charge in [0, 0.05) is 10.9 Å². The van der Waals surface area contributed by atoms with Crippen LogP contribution >= 0.6 is 0 Å². The Hall–Kier alpha value is -3.04. The van der Waals surface area contributed by atoms with E-state index in [1.54, 1.807) is 7.11 Å². The highest BCUT2D eigenvalue weighted by molar-refractivity contribution is 5.87. The summed E-state index contributed by atoms with van der Waals surface area (Å²) in [6.45, 7) is 0.0618. The normalized spacial score (nSPS) is 11.0. The molecule has 0 bridgehead atoms. The molecule has 0 radical (unpaired) electrons. The Morgan fingerprint density at radius 1 is 0.800 bits per heavy atom. The van der Waals surface area contributed by atoms with Crippen LogP contribution in [0.25, 0.3) is 33.4 Å². The maximum Gasteiger partial charge on any atom is 0.135 e. The molecule has 0 amide bonds. The van der Waals surface area contributed by atoms with E-state index in [1.165, 1.54) is 0 Å². The average molecular weight is 330 g/mol. The number of aliphatic hydroxyl groups is 1. The van der Waals surface area contributed by atoms with Gasteiger partial charge in [0.05, 0.1) is 13.7 Å². The average Bonchev–Trinajstić information content (AvgIpc) is 3.11. The smallest absolute Gasteiger partial charge is 0.135 e. The highest BCUT2D eigenvalue weighted by atomic mass is 16.5. The van der Waals surface area contributed by atoms with Crippen molar-refractivity contribution in [3.05, 3.63) is 78.4 Å². The molecule has 0 aliphatic carbocycles. The number of hydrogen-bond donors (Lipinski definition) is 1. The van der Waals surface area contributed by atoms with Crippen molar-refractivity contribution in [1.29, 1.82) is 0 Å². The lowest BCUT2D eigenvalue weighted by molar-refractivity contribution is 0.282. The number of benzene rings is 3. The van der Waals surface area contributed by atoms with E-state index < -0.39 is 0 Å². The summed E-state index contributed by atoms with van der Waals surface area (Å²) in [7, 11) is 1.66. The van der Waals surface area contributed by atoms with Crippen LogP contribution in [0.3, 0.4) is 0 Å². The van der Waals surface area contributed by atoms with Crippen molar-refractivity contribution in [3.8, 4) is 28.2 Å². The number of hydrogen-bond acceptors (Lipinski definition) is 3. The quantitative estimate of drug-likeness (QED) is 0.554. The van der Waals surface area contributed by atoms with Gasteiger partial charge in [0.2, 0.25) is 0 Å². The van der Waals surface area contributed by atoms with Gasteiger partial charge >= 0.3 is 0 Å². The zero-order valence-corrected chi connectivity index (χ0v) is 13.9. The molecule has 4 aromatic rings. The summed E-state index contributed by atoms with van der Waals surface area (Å²) in [5.74, 6) is 1.67. The molecule has 3 aromatic carbocycles. The van der Waals surface area contributed by atoms with Gasteiger partial charge in [-0.05, 0) is 59.2 Å². The van der Waals surface area contributed by atoms with Crippen LogP contribution < -0.4 is 4.74 Å². The van der Waals surface area contributed by atoms with Crippen LogP contribution in [0.1, 0.15) is 5.56 Å². The fourth-order valence-corrected chi connectivity index (χ4v) is 2.92. The van der Waals surface area contributed by atoms with E-state index in [0.29, 0.717) is 0 Å². The summed E-state index contributed by atoms with van der Waals surface area (Å²) in [5, 5.41) is 10.2. The molecule has 3 heteroatoms. The SMILES string of the molecule is COc1ccc(-c2cc3cc(-c4ccc(CO)cc4)ccc3o2)cc1. The van der Waals surface area contributed by atoms with Gasteiger partial charge in [0.15, 0.2) is 0 Å². The van der Waals surface area contributed by atoms with Crippen molar-refractivity contribution in [3.63, 3.8) is 0 Å². The molecule has 0 saturated carbocycles. The Bertz CT molecular complexity index is 950. The minimum absolute atomic E-state index is 0.0618. The van der Waals surface area contributed by atoms with Gasteiger partial charge in [-0.25, -0.2) is 0 Å². The molecule has 0 aliphatic rings. The standard InChI is InChI=1S/C22H18O3/c1-24-20-9-6-17(7-10-20)22-13-19-12-18(8-11-21(19)25-22)16-4-2-15(14-23)3-5-16/h2-13,23H,14H2,1H3. The molecule has 25 heavy (non-hydrogen) atoms. The van der Waals surface area contributed by atoms with Crippen molar-refractivity contribution in [1.82, 2.24) is 0 Å². The summed E-state index contributed by atoms with van der Waals surface area (Å²) >= 11 is 0. The lowest BCUT2D eigenvalue weighted by Crippen LogP contribution is -1.83. The van der Waals surface area contributed by atoms with Crippen LogP contribution in [-0.4, -0.2) is 12.2 Å². The lowest BCUT2D eigenvalue weighted by Gasteiger charge is -2.03. The molecule has 0 spiro atoms.